The van der Waals surface area contributed by atoms with E-state index >= 15 is 0 Å². The quantitative estimate of drug-likeness (QED) is 0.809. The SMILES string of the molecule is CNC(C)CNC(=O)C1CCN(C(=O)N2CCCC2)CC1.Cl. The minimum absolute atomic E-state index is 0. The number of nitrogens with one attached hydrogen (secondary N) is 2. The Morgan fingerprint density at radius 3 is 2.18 bits per heavy atom. The highest BCUT2D eigenvalue weighted by Gasteiger charge is 2.30. The molecular formula is C15H29ClN4O2. The van der Waals surface area contributed by atoms with Gasteiger partial charge in [0.2, 0.25) is 5.91 Å². The number of likely N-dealkylation sites (N-methyl/N-ethyl adjacent to an activating group) is 1. The molecule has 0 aliphatic carbocycles. The lowest BCUT2D eigenvalue weighted by molar-refractivity contribution is -0.126. The van der Waals surface area contributed by atoms with Gasteiger partial charge in [-0.2, -0.15) is 0 Å². The Morgan fingerprint density at radius 1 is 1.09 bits per heavy atom. The van der Waals surface area contributed by atoms with Crippen molar-refractivity contribution in [1.82, 2.24) is 20.4 Å². The first-order chi connectivity index (χ1) is 10.1. The van der Waals surface area contributed by atoms with Gasteiger partial charge < -0.3 is 20.4 Å². The van der Waals surface area contributed by atoms with Crippen molar-refractivity contribution >= 4 is 24.3 Å². The minimum atomic E-state index is 0. The molecule has 128 valence electrons. The molecule has 7 heteroatoms. The summed E-state index contributed by atoms with van der Waals surface area (Å²) in [6, 6.07) is 0.445. The van der Waals surface area contributed by atoms with Crippen LogP contribution in [0, 0.1) is 5.92 Å². The first-order valence-electron chi connectivity index (χ1n) is 8.10. The van der Waals surface area contributed by atoms with E-state index in [1.165, 1.54) is 0 Å². The van der Waals surface area contributed by atoms with Gasteiger partial charge >= 0.3 is 6.03 Å². The lowest BCUT2D eigenvalue weighted by Gasteiger charge is -2.34. The summed E-state index contributed by atoms with van der Waals surface area (Å²) in [5.74, 6) is 0.182. The van der Waals surface area contributed by atoms with E-state index in [9.17, 15) is 9.59 Å². The van der Waals surface area contributed by atoms with Gasteiger partial charge in [0.05, 0.1) is 0 Å². The molecule has 2 N–H and O–H groups in total. The first-order valence-corrected chi connectivity index (χ1v) is 8.10. The molecule has 2 saturated heterocycles. The van der Waals surface area contributed by atoms with Crippen molar-refractivity contribution in [2.45, 2.75) is 38.6 Å². The number of hydrogen-bond donors (Lipinski definition) is 2. The molecule has 1 atom stereocenters. The largest absolute Gasteiger partial charge is 0.354 e. The van der Waals surface area contributed by atoms with Crippen molar-refractivity contribution in [3.63, 3.8) is 0 Å². The maximum Gasteiger partial charge on any atom is 0.319 e. The van der Waals surface area contributed by atoms with E-state index in [2.05, 4.69) is 10.6 Å². The van der Waals surface area contributed by atoms with E-state index < -0.39 is 0 Å². The number of likely N-dealkylation sites (tertiary alicyclic amines) is 2. The Kier molecular flexibility index (Phi) is 7.96. The fraction of sp³-hybridized carbons (Fsp3) is 0.867. The van der Waals surface area contributed by atoms with E-state index in [1.54, 1.807) is 0 Å². The highest BCUT2D eigenvalue weighted by molar-refractivity contribution is 5.85. The number of carbonyl (C=O) groups is 2. The predicted octanol–water partition coefficient (Wildman–Crippen LogP) is 1.06. The van der Waals surface area contributed by atoms with E-state index in [1.807, 2.05) is 23.8 Å². The van der Waals surface area contributed by atoms with Gasteiger partial charge in [-0.1, -0.05) is 0 Å². The first kappa shape index (κ1) is 19.0. The van der Waals surface area contributed by atoms with E-state index in [-0.39, 0.29) is 36.3 Å². The van der Waals surface area contributed by atoms with Gasteiger partial charge in [-0.15, -0.1) is 12.4 Å². The van der Waals surface area contributed by atoms with Gasteiger partial charge in [0.15, 0.2) is 0 Å². The number of piperidine rings is 1. The minimum Gasteiger partial charge on any atom is -0.354 e. The second-order valence-electron chi connectivity index (χ2n) is 6.17. The van der Waals surface area contributed by atoms with E-state index in [0.29, 0.717) is 19.6 Å². The van der Waals surface area contributed by atoms with Crippen molar-refractivity contribution in [1.29, 1.82) is 0 Å². The number of carbonyl (C=O) groups excluding carboxylic acids is 2. The number of halogens is 1. The number of rotatable bonds is 4. The van der Waals surface area contributed by atoms with Crippen LogP contribution in [-0.2, 0) is 4.79 Å². The summed E-state index contributed by atoms with van der Waals surface area (Å²) in [5, 5.41) is 6.09. The molecule has 2 rings (SSSR count). The summed E-state index contributed by atoms with van der Waals surface area (Å²) < 4.78 is 0. The molecule has 0 saturated carbocycles. The molecule has 2 aliphatic heterocycles. The van der Waals surface area contributed by atoms with Crippen LogP contribution in [0.25, 0.3) is 0 Å². The molecule has 2 heterocycles. The Hall–Kier alpha value is -1.01. The number of hydrogen-bond acceptors (Lipinski definition) is 3. The molecule has 0 aromatic rings. The summed E-state index contributed by atoms with van der Waals surface area (Å²) in [6.45, 7) is 5.88. The average Bonchev–Trinajstić information content (AvgIpc) is 3.06. The van der Waals surface area contributed by atoms with E-state index in [0.717, 1.165) is 38.8 Å². The van der Waals surface area contributed by atoms with Gasteiger partial charge in [-0.05, 0) is 39.7 Å². The molecule has 0 aromatic heterocycles. The predicted molar refractivity (Wildman–Crippen MR) is 89.3 cm³/mol. The standard InChI is InChI=1S/C15H28N4O2.ClH/c1-12(16-2)11-17-14(20)13-5-9-19(10-6-13)15(21)18-7-3-4-8-18;/h12-13,16H,3-11H2,1-2H3,(H,17,20);1H. The number of urea groups is 1. The van der Waals surface area contributed by atoms with Crippen molar-refractivity contribution in [2.75, 3.05) is 39.8 Å². The smallest absolute Gasteiger partial charge is 0.319 e. The summed E-state index contributed by atoms with van der Waals surface area (Å²) in [6.07, 6.45) is 3.79. The van der Waals surface area contributed by atoms with Crippen LogP contribution in [0.5, 0.6) is 0 Å². The molecule has 0 spiro atoms. The van der Waals surface area contributed by atoms with Crippen LogP contribution in [0.4, 0.5) is 4.79 Å². The Morgan fingerprint density at radius 2 is 1.64 bits per heavy atom. The summed E-state index contributed by atoms with van der Waals surface area (Å²) in [4.78, 5) is 28.2. The maximum absolute atomic E-state index is 12.3. The molecule has 0 aromatic carbocycles. The van der Waals surface area contributed by atoms with Gasteiger partial charge in [0.1, 0.15) is 0 Å². The van der Waals surface area contributed by atoms with Crippen molar-refractivity contribution in [2.24, 2.45) is 5.92 Å². The zero-order valence-electron chi connectivity index (χ0n) is 13.6. The third-order valence-corrected chi connectivity index (χ3v) is 4.59. The average molecular weight is 333 g/mol. The molecule has 2 fully saturated rings. The zero-order chi connectivity index (χ0) is 15.2. The van der Waals surface area contributed by atoms with Crippen LogP contribution < -0.4 is 10.6 Å². The van der Waals surface area contributed by atoms with Gasteiger partial charge in [-0.3, -0.25) is 4.79 Å². The second-order valence-corrected chi connectivity index (χ2v) is 6.17. The number of amides is 3. The molecule has 22 heavy (non-hydrogen) atoms. The molecule has 2 aliphatic rings. The topological polar surface area (TPSA) is 64.7 Å². The van der Waals surface area contributed by atoms with Gasteiger partial charge in [-0.25, -0.2) is 4.79 Å². The molecule has 0 radical (unpaired) electrons. The summed E-state index contributed by atoms with van der Waals surface area (Å²) in [7, 11) is 1.89. The Labute approximate surface area is 139 Å². The van der Waals surface area contributed by atoms with Crippen molar-refractivity contribution in [3.05, 3.63) is 0 Å². The molecule has 0 bridgehead atoms. The monoisotopic (exact) mass is 332 g/mol. The Bertz CT molecular complexity index is 367. The normalized spacial score (nSPS) is 20.5. The lowest BCUT2D eigenvalue weighted by atomic mass is 9.96. The van der Waals surface area contributed by atoms with Crippen molar-refractivity contribution < 1.29 is 9.59 Å². The highest BCUT2D eigenvalue weighted by Crippen LogP contribution is 2.20. The van der Waals surface area contributed by atoms with E-state index in [4.69, 9.17) is 0 Å². The highest BCUT2D eigenvalue weighted by atomic mass is 35.5. The van der Waals surface area contributed by atoms with Crippen molar-refractivity contribution in [3.8, 4) is 0 Å². The third-order valence-electron chi connectivity index (χ3n) is 4.59. The molecule has 6 nitrogen and oxygen atoms in total. The van der Waals surface area contributed by atoms with Crippen LogP contribution in [0.3, 0.4) is 0 Å². The third kappa shape index (κ3) is 5.02. The van der Waals surface area contributed by atoms with Crippen LogP contribution in [-0.4, -0.2) is 67.6 Å². The van der Waals surface area contributed by atoms with Gasteiger partial charge in [0, 0.05) is 44.7 Å². The van der Waals surface area contributed by atoms with Crippen LogP contribution in [0.2, 0.25) is 0 Å². The molecule has 3 amide bonds. The van der Waals surface area contributed by atoms with Crippen LogP contribution in [0.1, 0.15) is 32.6 Å². The van der Waals surface area contributed by atoms with Crippen LogP contribution in [0.15, 0.2) is 0 Å². The zero-order valence-corrected chi connectivity index (χ0v) is 14.5. The van der Waals surface area contributed by atoms with Crippen LogP contribution >= 0.6 is 12.4 Å². The summed E-state index contributed by atoms with van der Waals surface area (Å²) >= 11 is 0. The second kappa shape index (κ2) is 9.20. The summed E-state index contributed by atoms with van der Waals surface area (Å²) in [5.41, 5.74) is 0. The molecular weight excluding hydrogens is 304 g/mol. The lowest BCUT2D eigenvalue weighted by Crippen LogP contribution is -2.48. The maximum atomic E-state index is 12.3. The van der Waals surface area contributed by atoms with Gasteiger partial charge in [0.25, 0.3) is 0 Å². The number of nitrogens with zero attached hydrogens (tertiary/aromatic N) is 2. The fourth-order valence-corrected chi connectivity index (χ4v) is 2.94. The Balaban J connectivity index is 0.00000242. The fourth-order valence-electron chi connectivity index (χ4n) is 2.94. The molecule has 1 unspecified atom stereocenters.